The van der Waals surface area contributed by atoms with Crippen LogP contribution in [0, 0.1) is 6.92 Å². The van der Waals surface area contributed by atoms with E-state index in [9.17, 15) is 0 Å². The van der Waals surface area contributed by atoms with Gasteiger partial charge >= 0.3 is 0 Å². The normalized spacial score (nSPS) is 10.3. The number of hydrogen-bond acceptors (Lipinski definition) is 4. The Morgan fingerprint density at radius 1 is 1.18 bits per heavy atom. The van der Waals surface area contributed by atoms with E-state index < -0.39 is 0 Å². The minimum atomic E-state index is 0.722. The van der Waals surface area contributed by atoms with Crippen LogP contribution in [0.15, 0.2) is 35.5 Å². The smallest absolute Gasteiger partial charge is 0.189 e. The van der Waals surface area contributed by atoms with Gasteiger partial charge in [0.15, 0.2) is 5.16 Å². The Morgan fingerprint density at radius 3 is 2.53 bits per heavy atom. The van der Waals surface area contributed by atoms with Gasteiger partial charge in [0.25, 0.3) is 0 Å². The van der Waals surface area contributed by atoms with E-state index in [0.717, 1.165) is 27.4 Å². The van der Waals surface area contributed by atoms with Gasteiger partial charge in [-0.1, -0.05) is 23.4 Å². The molecule has 0 aliphatic rings. The van der Waals surface area contributed by atoms with Crippen molar-refractivity contribution in [2.45, 2.75) is 12.1 Å². The van der Waals surface area contributed by atoms with E-state index in [2.05, 4.69) is 15.3 Å². The molecular weight excluding hydrogens is 254 g/mol. The van der Waals surface area contributed by atoms with Crippen LogP contribution in [-0.4, -0.2) is 16.2 Å². The lowest BCUT2D eigenvalue weighted by molar-refractivity contribution is 0.940. The van der Waals surface area contributed by atoms with Gasteiger partial charge in [-0.2, -0.15) is 0 Å². The van der Waals surface area contributed by atoms with Gasteiger partial charge in [-0.25, -0.2) is 9.97 Å². The van der Waals surface area contributed by atoms with Crippen LogP contribution in [0.25, 0.3) is 0 Å². The maximum atomic E-state index is 5.83. The summed E-state index contributed by atoms with van der Waals surface area (Å²) in [5, 5.41) is 4.71. The lowest BCUT2D eigenvalue weighted by Crippen LogP contribution is -1.97. The summed E-state index contributed by atoms with van der Waals surface area (Å²) in [4.78, 5) is 8.68. The van der Waals surface area contributed by atoms with E-state index in [0.29, 0.717) is 0 Å². The van der Waals surface area contributed by atoms with Crippen LogP contribution in [0.3, 0.4) is 0 Å². The van der Waals surface area contributed by atoms with E-state index in [-0.39, 0.29) is 0 Å². The molecule has 17 heavy (non-hydrogen) atoms. The summed E-state index contributed by atoms with van der Waals surface area (Å²) in [6.07, 6.45) is 1.96. The molecule has 0 aliphatic carbocycles. The van der Waals surface area contributed by atoms with Gasteiger partial charge in [0.1, 0.15) is 5.82 Å². The Hall–Kier alpha value is -1.26. The van der Waals surface area contributed by atoms with Crippen molar-refractivity contribution >= 4 is 34.9 Å². The monoisotopic (exact) mass is 265 g/mol. The van der Waals surface area contributed by atoms with Gasteiger partial charge in [0.05, 0.1) is 0 Å². The number of nitrogens with zero attached hydrogens (tertiary/aromatic N) is 2. The summed E-state index contributed by atoms with van der Waals surface area (Å²) in [5.41, 5.74) is 1.90. The van der Waals surface area contributed by atoms with Gasteiger partial charge in [-0.3, -0.25) is 0 Å². The van der Waals surface area contributed by atoms with E-state index in [4.69, 9.17) is 11.6 Å². The number of aromatic nitrogens is 2. The first kappa shape index (κ1) is 12.2. The molecule has 0 saturated heterocycles. The second-order valence-corrected chi connectivity index (χ2v) is 4.72. The van der Waals surface area contributed by atoms with Crippen LogP contribution in [0.2, 0.25) is 5.02 Å². The van der Waals surface area contributed by atoms with Gasteiger partial charge in [0.2, 0.25) is 0 Å². The zero-order valence-electron chi connectivity index (χ0n) is 9.57. The average molecular weight is 266 g/mol. The molecule has 0 atom stereocenters. The van der Waals surface area contributed by atoms with Gasteiger partial charge < -0.3 is 5.32 Å². The molecule has 2 aromatic rings. The molecule has 0 amide bonds. The molecule has 0 unspecified atom stereocenters. The minimum Gasteiger partial charge on any atom is -0.340 e. The largest absolute Gasteiger partial charge is 0.340 e. The molecule has 1 heterocycles. The molecule has 1 aromatic carbocycles. The molecule has 0 saturated carbocycles. The fourth-order valence-electron chi connectivity index (χ4n) is 1.38. The second-order valence-electron chi connectivity index (χ2n) is 3.51. The Morgan fingerprint density at radius 2 is 1.88 bits per heavy atom. The highest BCUT2D eigenvalue weighted by Gasteiger charge is 2.01. The third kappa shape index (κ3) is 3.35. The fraction of sp³-hybridized carbons (Fsp3) is 0.167. The number of aryl methyl sites for hydroxylation is 1. The van der Waals surface area contributed by atoms with Crippen molar-refractivity contribution in [3.05, 3.63) is 41.0 Å². The van der Waals surface area contributed by atoms with Crippen molar-refractivity contribution in [2.24, 2.45) is 0 Å². The Labute approximate surface area is 110 Å². The van der Waals surface area contributed by atoms with Crippen LogP contribution in [0.5, 0.6) is 0 Å². The highest BCUT2D eigenvalue weighted by atomic mass is 35.5. The van der Waals surface area contributed by atoms with Crippen LogP contribution in [-0.2, 0) is 0 Å². The SMILES string of the molecule is CSc1nc(C)cc(Nc2ccc(Cl)cc2)n1. The Balaban J connectivity index is 2.23. The Kier molecular flexibility index (Phi) is 3.86. The number of rotatable bonds is 3. The second kappa shape index (κ2) is 5.38. The maximum absolute atomic E-state index is 5.83. The molecule has 3 nitrogen and oxygen atoms in total. The predicted octanol–water partition coefficient (Wildman–Crippen LogP) is 3.90. The van der Waals surface area contributed by atoms with Crippen molar-refractivity contribution in [1.82, 2.24) is 9.97 Å². The summed E-state index contributed by atoms with van der Waals surface area (Å²) >= 11 is 7.36. The summed E-state index contributed by atoms with van der Waals surface area (Å²) in [6, 6.07) is 9.42. The summed E-state index contributed by atoms with van der Waals surface area (Å²) in [6.45, 7) is 1.95. The van der Waals surface area contributed by atoms with E-state index in [1.54, 1.807) is 0 Å². The molecular formula is C12H12ClN3S. The molecule has 0 radical (unpaired) electrons. The first-order valence-corrected chi connectivity index (χ1v) is 6.70. The standard InChI is InChI=1S/C12H12ClN3S/c1-8-7-11(16-12(14-8)17-2)15-10-5-3-9(13)4-6-10/h3-7H,1-2H3,(H,14,15,16). The number of anilines is 2. The number of benzene rings is 1. The molecule has 0 fully saturated rings. The highest BCUT2D eigenvalue weighted by molar-refractivity contribution is 7.98. The topological polar surface area (TPSA) is 37.8 Å². The van der Waals surface area contributed by atoms with Gasteiger partial charge in [-0.15, -0.1) is 0 Å². The summed E-state index contributed by atoms with van der Waals surface area (Å²) < 4.78 is 0. The van der Waals surface area contributed by atoms with Crippen molar-refractivity contribution in [3.63, 3.8) is 0 Å². The summed E-state index contributed by atoms with van der Waals surface area (Å²) in [7, 11) is 0. The molecule has 2 rings (SSSR count). The number of halogens is 1. The third-order valence-electron chi connectivity index (χ3n) is 2.13. The third-order valence-corrected chi connectivity index (χ3v) is 2.93. The van der Waals surface area contributed by atoms with Gasteiger partial charge in [0, 0.05) is 22.5 Å². The maximum Gasteiger partial charge on any atom is 0.189 e. The highest BCUT2D eigenvalue weighted by Crippen LogP contribution is 2.19. The molecule has 88 valence electrons. The predicted molar refractivity (Wildman–Crippen MR) is 73.3 cm³/mol. The van der Waals surface area contributed by atoms with E-state index >= 15 is 0 Å². The molecule has 0 spiro atoms. The van der Waals surface area contributed by atoms with Crippen LogP contribution in [0.4, 0.5) is 11.5 Å². The first-order chi connectivity index (χ1) is 8.17. The van der Waals surface area contributed by atoms with Crippen LogP contribution < -0.4 is 5.32 Å². The van der Waals surface area contributed by atoms with Gasteiger partial charge in [-0.05, 0) is 37.4 Å². The lowest BCUT2D eigenvalue weighted by Gasteiger charge is -2.07. The summed E-state index contributed by atoms with van der Waals surface area (Å²) in [5.74, 6) is 0.796. The van der Waals surface area contributed by atoms with Crippen LogP contribution >= 0.6 is 23.4 Å². The quantitative estimate of drug-likeness (QED) is 0.675. The Bertz CT molecular complexity index is 514. The number of hydrogen-bond donors (Lipinski definition) is 1. The molecule has 1 N–H and O–H groups in total. The van der Waals surface area contributed by atoms with E-state index in [1.165, 1.54) is 11.8 Å². The molecule has 1 aromatic heterocycles. The van der Waals surface area contributed by atoms with E-state index in [1.807, 2.05) is 43.5 Å². The molecule has 5 heteroatoms. The molecule has 0 bridgehead atoms. The zero-order valence-corrected chi connectivity index (χ0v) is 11.1. The first-order valence-electron chi connectivity index (χ1n) is 5.09. The number of nitrogens with one attached hydrogen (secondary N) is 1. The average Bonchev–Trinajstić information content (AvgIpc) is 2.31. The van der Waals surface area contributed by atoms with Crippen molar-refractivity contribution in [2.75, 3.05) is 11.6 Å². The van der Waals surface area contributed by atoms with Crippen molar-refractivity contribution < 1.29 is 0 Å². The minimum absolute atomic E-state index is 0.722. The molecule has 0 aliphatic heterocycles. The number of thioether (sulfide) groups is 1. The van der Waals surface area contributed by atoms with Crippen molar-refractivity contribution in [1.29, 1.82) is 0 Å². The zero-order chi connectivity index (χ0) is 12.3. The fourth-order valence-corrected chi connectivity index (χ4v) is 1.93. The lowest BCUT2D eigenvalue weighted by atomic mass is 10.3. The van der Waals surface area contributed by atoms with Crippen LogP contribution in [0.1, 0.15) is 5.69 Å². The van der Waals surface area contributed by atoms with Crippen molar-refractivity contribution in [3.8, 4) is 0 Å².